The van der Waals surface area contributed by atoms with Crippen LogP contribution in [0.4, 0.5) is 11.4 Å². The van der Waals surface area contributed by atoms with Crippen molar-refractivity contribution >= 4 is 60.6 Å². The number of Topliss-reactive ketones (excluding diaryl/α,β-unsaturated/α-hetero) is 1. The predicted molar refractivity (Wildman–Crippen MR) is 70.7 cm³/mol. The molecule has 10 heteroatoms. The quantitative estimate of drug-likeness (QED) is 0.430. The largest absolute Gasteiger partial charge is 0.410 e. The monoisotopic (exact) mass is 391 g/mol. The number of rotatable bonds is 1. The molecule has 1 aromatic rings. The molecule has 0 unspecified atom stereocenters. The van der Waals surface area contributed by atoms with Crippen LogP contribution in [-0.2, 0) is 4.79 Å². The highest BCUT2D eigenvalue weighted by Crippen LogP contribution is 2.42. The van der Waals surface area contributed by atoms with Gasteiger partial charge in [-0.1, -0.05) is 5.16 Å². The highest BCUT2D eigenvalue weighted by atomic mass is 79.9. The third kappa shape index (κ3) is 2.02. The van der Waals surface area contributed by atoms with E-state index in [4.69, 9.17) is 5.21 Å². The van der Waals surface area contributed by atoms with E-state index in [2.05, 4.69) is 42.3 Å². The zero-order chi connectivity index (χ0) is 14.3. The summed E-state index contributed by atoms with van der Waals surface area (Å²) in [7, 11) is 0. The van der Waals surface area contributed by atoms with Gasteiger partial charge in [-0.25, -0.2) is 0 Å². The van der Waals surface area contributed by atoms with Crippen LogP contribution in [0.15, 0.2) is 20.2 Å². The number of anilines is 1. The molecule has 0 bridgehead atoms. The summed E-state index contributed by atoms with van der Waals surface area (Å²) < 4.78 is 0.355. The van der Waals surface area contributed by atoms with Crippen molar-refractivity contribution in [3.63, 3.8) is 0 Å². The standard InChI is InChI=1S/C9H3Br2N3O5/c10-3-1-2-5(7(4(3)11)14(18)19)12-9(16)6(13-17)8(2)15/h1,17H,(H,12,16)/b13-6-. The second-order valence-corrected chi connectivity index (χ2v) is 5.08. The van der Waals surface area contributed by atoms with Crippen LogP contribution in [0.2, 0.25) is 0 Å². The number of carbonyl (C=O) groups is 2. The van der Waals surface area contributed by atoms with E-state index in [-0.39, 0.29) is 20.2 Å². The van der Waals surface area contributed by atoms with Gasteiger partial charge in [-0.05, 0) is 37.9 Å². The van der Waals surface area contributed by atoms with Crippen LogP contribution >= 0.6 is 31.9 Å². The minimum atomic E-state index is -1.00. The minimum absolute atomic E-state index is 0.0914. The van der Waals surface area contributed by atoms with E-state index in [1.807, 2.05) is 0 Å². The number of nitrogens with zero attached hydrogens (tertiary/aromatic N) is 2. The van der Waals surface area contributed by atoms with E-state index in [1.165, 1.54) is 6.07 Å². The topological polar surface area (TPSA) is 122 Å². The van der Waals surface area contributed by atoms with Crippen molar-refractivity contribution in [1.82, 2.24) is 0 Å². The third-order valence-electron chi connectivity index (χ3n) is 2.39. The fourth-order valence-corrected chi connectivity index (χ4v) is 2.46. The van der Waals surface area contributed by atoms with Gasteiger partial charge in [0.25, 0.3) is 5.91 Å². The first-order valence-corrected chi connectivity index (χ1v) is 6.21. The number of halogens is 2. The second kappa shape index (κ2) is 4.70. The molecule has 0 saturated carbocycles. The summed E-state index contributed by atoms with van der Waals surface area (Å²) >= 11 is 6.06. The van der Waals surface area contributed by atoms with E-state index >= 15 is 0 Å². The highest BCUT2D eigenvalue weighted by molar-refractivity contribution is 9.13. The molecule has 0 spiro atoms. The van der Waals surface area contributed by atoms with Crippen molar-refractivity contribution in [2.75, 3.05) is 5.32 Å². The summed E-state index contributed by atoms with van der Waals surface area (Å²) in [6.07, 6.45) is 0. The van der Waals surface area contributed by atoms with E-state index in [0.717, 1.165) is 0 Å². The lowest BCUT2D eigenvalue weighted by Crippen LogP contribution is -2.36. The van der Waals surface area contributed by atoms with E-state index in [1.54, 1.807) is 0 Å². The Morgan fingerprint density at radius 2 is 2.00 bits per heavy atom. The Hall–Kier alpha value is -1.81. The zero-order valence-corrected chi connectivity index (χ0v) is 12.0. The Kier molecular flexibility index (Phi) is 3.37. The molecule has 1 aliphatic rings. The Bertz CT molecular complexity index is 670. The molecular weight excluding hydrogens is 390 g/mol. The van der Waals surface area contributed by atoms with Crippen molar-refractivity contribution in [2.45, 2.75) is 0 Å². The summed E-state index contributed by atoms with van der Waals surface area (Å²) in [5.74, 6) is -1.89. The maximum Gasteiger partial charge on any atom is 0.308 e. The summed E-state index contributed by atoms with van der Waals surface area (Å²) in [6, 6.07) is 1.29. The number of benzene rings is 1. The summed E-state index contributed by atoms with van der Waals surface area (Å²) in [5, 5.41) is 24.4. The summed E-state index contributed by atoms with van der Waals surface area (Å²) in [6.45, 7) is 0. The average Bonchev–Trinajstić information content (AvgIpc) is 2.32. The van der Waals surface area contributed by atoms with Gasteiger partial charge in [-0.15, -0.1) is 0 Å². The van der Waals surface area contributed by atoms with Gasteiger partial charge in [0.2, 0.25) is 11.5 Å². The molecule has 1 heterocycles. The molecule has 1 aliphatic heterocycles. The van der Waals surface area contributed by atoms with Crippen LogP contribution in [0.1, 0.15) is 10.4 Å². The molecule has 98 valence electrons. The van der Waals surface area contributed by atoms with Gasteiger partial charge in [0.05, 0.1) is 10.5 Å². The van der Waals surface area contributed by atoms with Gasteiger partial charge in [0.1, 0.15) is 10.2 Å². The highest BCUT2D eigenvalue weighted by Gasteiger charge is 2.37. The fourth-order valence-electron chi connectivity index (χ4n) is 1.58. The van der Waals surface area contributed by atoms with Crippen LogP contribution in [0, 0.1) is 10.1 Å². The molecule has 0 aromatic heterocycles. The second-order valence-electron chi connectivity index (χ2n) is 3.43. The van der Waals surface area contributed by atoms with Gasteiger partial charge < -0.3 is 10.5 Å². The van der Waals surface area contributed by atoms with Crippen molar-refractivity contribution in [3.05, 3.63) is 30.7 Å². The first-order chi connectivity index (χ1) is 8.88. The fraction of sp³-hybridized carbons (Fsp3) is 0. The van der Waals surface area contributed by atoms with Gasteiger partial charge in [-0.2, -0.15) is 0 Å². The third-order valence-corrected chi connectivity index (χ3v) is 4.35. The van der Waals surface area contributed by atoms with Crippen LogP contribution < -0.4 is 5.32 Å². The normalized spacial score (nSPS) is 16.2. The zero-order valence-electron chi connectivity index (χ0n) is 8.81. The van der Waals surface area contributed by atoms with Gasteiger partial charge >= 0.3 is 5.69 Å². The number of nitrogens with one attached hydrogen (secondary N) is 1. The SMILES string of the molecule is O=C1Nc2c(cc(Br)c(Br)c2[N+](=O)[O-])C(=O)/C1=N/O. The van der Waals surface area contributed by atoms with Crippen LogP contribution in [-0.4, -0.2) is 27.5 Å². The number of nitro benzene ring substituents is 1. The van der Waals surface area contributed by atoms with Gasteiger partial charge in [-0.3, -0.25) is 19.7 Å². The van der Waals surface area contributed by atoms with Crippen LogP contribution in [0.3, 0.4) is 0 Å². The van der Waals surface area contributed by atoms with Crippen LogP contribution in [0.25, 0.3) is 0 Å². The van der Waals surface area contributed by atoms with Crippen molar-refractivity contribution < 1.29 is 19.7 Å². The first kappa shape index (κ1) is 13.6. The minimum Gasteiger partial charge on any atom is -0.410 e. The molecule has 1 aromatic carbocycles. The number of nitro groups is 1. The summed E-state index contributed by atoms with van der Waals surface area (Å²) in [5.41, 5.74) is -1.55. The van der Waals surface area contributed by atoms with Crippen molar-refractivity contribution in [1.29, 1.82) is 0 Å². The lowest BCUT2D eigenvalue weighted by atomic mass is 9.99. The lowest BCUT2D eigenvalue weighted by molar-refractivity contribution is -0.384. The molecule has 0 radical (unpaired) electrons. The molecule has 2 N–H and O–H groups in total. The van der Waals surface area contributed by atoms with Crippen LogP contribution in [0.5, 0.6) is 0 Å². The number of oxime groups is 1. The van der Waals surface area contributed by atoms with E-state index < -0.39 is 28.0 Å². The smallest absolute Gasteiger partial charge is 0.308 e. The number of fused-ring (bicyclic) bond motifs is 1. The first-order valence-electron chi connectivity index (χ1n) is 4.63. The van der Waals surface area contributed by atoms with E-state index in [9.17, 15) is 19.7 Å². The Labute approximate surface area is 121 Å². The molecule has 19 heavy (non-hydrogen) atoms. The predicted octanol–water partition coefficient (Wildman–Crippen LogP) is 2.08. The number of carbonyl (C=O) groups excluding carboxylic acids is 2. The molecule has 1 amide bonds. The Morgan fingerprint density at radius 1 is 1.37 bits per heavy atom. The number of amides is 1. The van der Waals surface area contributed by atoms with Crippen molar-refractivity contribution in [3.8, 4) is 0 Å². The maximum absolute atomic E-state index is 11.9. The molecule has 0 saturated heterocycles. The average molecular weight is 393 g/mol. The maximum atomic E-state index is 11.9. The number of hydrogen-bond donors (Lipinski definition) is 2. The number of ketones is 1. The van der Waals surface area contributed by atoms with E-state index in [0.29, 0.717) is 0 Å². The molecular formula is C9H3Br2N3O5. The lowest BCUT2D eigenvalue weighted by Gasteiger charge is -2.17. The Balaban J connectivity index is 2.82. The summed E-state index contributed by atoms with van der Waals surface area (Å²) in [4.78, 5) is 33.7. The number of hydrogen-bond acceptors (Lipinski definition) is 6. The molecule has 0 fully saturated rings. The van der Waals surface area contributed by atoms with Gasteiger partial charge in [0, 0.05) is 4.47 Å². The molecule has 2 rings (SSSR count). The molecule has 8 nitrogen and oxygen atoms in total. The van der Waals surface area contributed by atoms with Crippen molar-refractivity contribution in [2.24, 2.45) is 5.16 Å². The molecule has 0 aliphatic carbocycles. The molecule has 0 atom stereocenters. The van der Waals surface area contributed by atoms with Gasteiger partial charge in [0.15, 0.2) is 0 Å². The Morgan fingerprint density at radius 3 is 2.53 bits per heavy atom.